The van der Waals surface area contributed by atoms with Gasteiger partial charge in [-0.15, -0.1) is 0 Å². The normalized spacial score (nSPS) is 19.6. The van der Waals surface area contributed by atoms with Gasteiger partial charge >= 0.3 is 0 Å². The van der Waals surface area contributed by atoms with Crippen LogP contribution in [0.1, 0.15) is 30.9 Å². The largest absolute Gasteiger partial charge is 0.497 e. The Labute approximate surface area is 175 Å². The third kappa shape index (κ3) is 3.82. The molecule has 0 saturated carbocycles. The molecule has 6 heteroatoms. The number of carbonyl (C=O) groups is 2. The number of benzene rings is 2. The Morgan fingerprint density at radius 3 is 2.37 bits per heavy atom. The fourth-order valence-electron chi connectivity index (χ4n) is 4.18. The maximum Gasteiger partial charge on any atom is 0.278 e. The molecule has 0 bridgehead atoms. The predicted octanol–water partition coefficient (Wildman–Crippen LogP) is 3.85. The second-order valence-corrected chi connectivity index (χ2v) is 7.97. The predicted molar refractivity (Wildman–Crippen MR) is 112 cm³/mol. The van der Waals surface area contributed by atoms with Crippen LogP contribution < -0.4 is 4.74 Å². The van der Waals surface area contributed by atoms with E-state index in [0.29, 0.717) is 28.5 Å². The number of likely N-dealkylation sites (tertiary alicyclic amines) is 1. The zero-order valence-corrected chi connectivity index (χ0v) is 17.2. The molecule has 0 aliphatic carbocycles. The summed E-state index contributed by atoms with van der Waals surface area (Å²) in [7, 11) is 1.59. The molecule has 2 heterocycles. The number of ether oxygens (including phenoxy) is 1. The maximum absolute atomic E-state index is 13.5. The number of methoxy groups -OCH3 is 1. The highest BCUT2D eigenvalue weighted by Crippen LogP contribution is 2.34. The minimum atomic E-state index is -0.376. The number of nitrogens with zero attached hydrogens (tertiary/aromatic N) is 2. The fourth-order valence-corrected chi connectivity index (χ4v) is 4.18. The van der Waals surface area contributed by atoms with Gasteiger partial charge in [-0.1, -0.05) is 31.2 Å². The Morgan fingerprint density at radius 2 is 1.73 bits per heavy atom. The molecule has 2 aliphatic heterocycles. The van der Waals surface area contributed by atoms with Gasteiger partial charge in [-0.05, 0) is 54.2 Å². The van der Waals surface area contributed by atoms with E-state index in [2.05, 4.69) is 6.92 Å². The van der Waals surface area contributed by atoms with Gasteiger partial charge in [0.15, 0.2) is 0 Å². The molecule has 4 rings (SSSR count). The monoisotopic (exact) mass is 408 g/mol. The van der Waals surface area contributed by atoms with E-state index in [1.54, 1.807) is 19.2 Å². The first-order valence-electron chi connectivity index (χ1n) is 10.2. The molecule has 2 aromatic rings. The lowest BCUT2D eigenvalue weighted by Crippen LogP contribution is -2.39. The van der Waals surface area contributed by atoms with E-state index in [-0.39, 0.29) is 24.2 Å². The second-order valence-electron chi connectivity index (χ2n) is 7.97. The molecule has 5 nitrogen and oxygen atoms in total. The van der Waals surface area contributed by atoms with Crippen LogP contribution in [0.15, 0.2) is 54.2 Å². The Hall–Kier alpha value is -3.15. The first-order valence-corrected chi connectivity index (χ1v) is 10.2. The first-order chi connectivity index (χ1) is 14.5. The molecule has 2 amide bonds. The molecular weight excluding hydrogens is 383 g/mol. The smallest absolute Gasteiger partial charge is 0.278 e. The van der Waals surface area contributed by atoms with Crippen LogP contribution in [0.3, 0.4) is 0 Å². The third-order valence-corrected chi connectivity index (χ3v) is 5.75. The lowest BCUT2D eigenvalue weighted by atomic mass is 9.98. The van der Waals surface area contributed by atoms with Gasteiger partial charge in [0.05, 0.1) is 19.2 Å². The van der Waals surface area contributed by atoms with E-state index >= 15 is 0 Å². The molecule has 156 valence electrons. The summed E-state index contributed by atoms with van der Waals surface area (Å²) < 4.78 is 18.7. The molecule has 0 radical (unpaired) electrons. The van der Waals surface area contributed by atoms with Crippen molar-refractivity contribution in [3.8, 4) is 5.75 Å². The van der Waals surface area contributed by atoms with Crippen molar-refractivity contribution in [2.24, 2.45) is 5.92 Å². The summed E-state index contributed by atoms with van der Waals surface area (Å²) in [5, 5.41) is 0. The zero-order chi connectivity index (χ0) is 21.3. The topological polar surface area (TPSA) is 49.9 Å². The van der Waals surface area contributed by atoms with Crippen molar-refractivity contribution in [2.75, 3.05) is 20.2 Å². The van der Waals surface area contributed by atoms with Gasteiger partial charge in [-0.3, -0.25) is 14.5 Å². The summed E-state index contributed by atoms with van der Waals surface area (Å²) in [5.74, 6) is 0.157. The summed E-state index contributed by atoms with van der Waals surface area (Å²) >= 11 is 0. The van der Waals surface area contributed by atoms with Gasteiger partial charge in [-0.25, -0.2) is 4.39 Å². The minimum absolute atomic E-state index is 0.180. The van der Waals surface area contributed by atoms with Crippen molar-refractivity contribution in [3.63, 3.8) is 0 Å². The van der Waals surface area contributed by atoms with Gasteiger partial charge in [0.2, 0.25) is 0 Å². The molecular formula is C24H25FN2O3. The summed E-state index contributed by atoms with van der Waals surface area (Å²) in [6.07, 6.45) is 2.08. The van der Waals surface area contributed by atoms with Crippen LogP contribution in [0, 0.1) is 11.7 Å². The molecule has 2 aliphatic rings. The van der Waals surface area contributed by atoms with Crippen molar-refractivity contribution >= 4 is 17.4 Å². The molecule has 30 heavy (non-hydrogen) atoms. The Balaban J connectivity index is 1.70. The van der Waals surface area contributed by atoms with Crippen molar-refractivity contribution in [3.05, 3.63) is 71.2 Å². The molecule has 1 atom stereocenters. The van der Waals surface area contributed by atoms with Crippen LogP contribution in [-0.2, 0) is 16.1 Å². The molecule has 2 aromatic carbocycles. The second kappa shape index (κ2) is 8.30. The standard InChI is InChI=1S/C24H25FN2O3/c1-16-4-3-13-26(14-16)22-21(18-7-9-19(25)10-8-18)23(28)27(24(22)29)15-17-5-11-20(30-2)12-6-17/h5-12,16H,3-4,13-15H2,1-2H3. The molecule has 1 unspecified atom stereocenters. The number of hydrogen-bond donors (Lipinski definition) is 0. The minimum Gasteiger partial charge on any atom is -0.497 e. The average molecular weight is 408 g/mol. The van der Waals surface area contributed by atoms with Crippen molar-refractivity contribution in [1.29, 1.82) is 0 Å². The van der Waals surface area contributed by atoms with E-state index < -0.39 is 0 Å². The quantitative estimate of drug-likeness (QED) is 0.706. The van der Waals surface area contributed by atoms with Gasteiger partial charge in [0.1, 0.15) is 17.3 Å². The Bertz CT molecular complexity index is 983. The van der Waals surface area contributed by atoms with Crippen LogP contribution >= 0.6 is 0 Å². The van der Waals surface area contributed by atoms with E-state index in [9.17, 15) is 14.0 Å². The molecule has 0 N–H and O–H groups in total. The number of amides is 2. The average Bonchev–Trinajstić information content (AvgIpc) is 2.99. The van der Waals surface area contributed by atoms with E-state index in [4.69, 9.17) is 4.74 Å². The van der Waals surface area contributed by atoms with Crippen LogP contribution in [0.5, 0.6) is 5.75 Å². The maximum atomic E-state index is 13.5. The number of piperidine rings is 1. The highest BCUT2D eigenvalue weighted by molar-refractivity contribution is 6.35. The van der Waals surface area contributed by atoms with Gasteiger partial charge in [0.25, 0.3) is 11.8 Å². The van der Waals surface area contributed by atoms with Gasteiger partial charge in [-0.2, -0.15) is 0 Å². The van der Waals surface area contributed by atoms with E-state index in [1.165, 1.54) is 17.0 Å². The Morgan fingerprint density at radius 1 is 1.03 bits per heavy atom. The third-order valence-electron chi connectivity index (χ3n) is 5.75. The fraction of sp³-hybridized carbons (Fsp3) is 0.333. The van der Waals surface area contributed by atoms with Crippen LogP contribution in [0.4, 0.5) is 4.39 Å². The lowest BCUT2D eigenvalue weighted by Gasteiger charge is -2.33. The SMILES string of the molecule is COc1ccc(CN2C(=O)C(c3ccc(F)cc3)=C(N3CCCC(C)C3)C2=O)cc1. The number of carbonyl (C=O) groups excluding carboxylic acids is 2. The van der Waals surface area contributed by atoms with Crippen LogP contribution in [0.2, 0.25) is 0 Å². The van der Waals surface area contributed by atoms with Crippen molar-refractivity contribution in [2.45, 2.75) is 26.3 Å². The lowest BCUT2D eigenvalue weighted by molar-refractivity contribution is -0.138. The molecule has 1 saturated heterocycles. The number of halogens is 1. The van der Waals surface area contributed by atoms with Crippen molar-refractivity contribution in [1.82, 2.24) is 9.80 Å². The van der Waals surface area contributed by atoms with E-state index in [0.717, 1.165) is 31.5 Å². The highest BCUT2D eigenvalue weighted by atomic mass is 19.1. The summed E-state index contributed by atoms with van der Waals surface area (Å²) in [6.45, 7) is 3.80. The highest BCUT2D eigenvalue weighted by Gasteiger charge is 2.42. The van der Waals surface area contributed by atoms with Gasteiger partial charge in [0, 0.05) is 13.1 Å². The van der Waals surface area contributed by atoms with Gasteiger partial charge < -0.3 is 9.64 Å². The summed E-state index contributed by atoms with van der Waals surface area (Å²) in [5.41, 5.74) is 2.21. The zero-order valence-electron chi connectivity index (χ0n) is 17.2. The molecule has 1 fully saturated rings. The molecule has 0 aromatic heterocycles. The van der Waals surface area contributed by atoms with E-state index in [1.807, 2.05) is 29.2 Å². The number of imide groups is 1. The Kier molecular flexibility index (Phi) is 5.57. The van der Waals surface area contributed by atoms with Crippen molar-refractivity contribution < 1.29 is 18.7 Å². The first kappa shape index (κ1) is 20.1. The molecule has 0 spiro atoms. The number of hydrogen-bond acceptors (Lipinski definition) is 4. The summed E-state index contributed by atoms with van der Waals surface area (Å²) in [4.78, 5) is 30.1. The summed E-state index contributed by atoms with van der Waals surface area (Å²) in [6, 6.07) is 13.1. The number of rotatable bonds is 5. The van der Waals surface area contributed by atoms with Crippen LogP contribution in [0.25, 0.3) is 5.57 Å². The van der Waals surface area contributed by atoms with Crippen LogP contribution in [-0.4, -0.2) is 41.8 Å².